The van der Waals surface area contributed by atoms with Crippen LogP contribution in [0, 0.1) is 13.8 Å². The lowest BCUT2D eigenvalue weighted by Crippen LogP contribution is -2.34. The molecule has 5 heteroatoms. The fourth-order valence-electron chi connectivity index (χ4n) is 2.57. The number of unbranched alkanes of at least 4 members (excludes halogenated alkanes) is 1. The van der Waals surface area contributed by atoms with E-state index in [9.17, 15) is 9.59 Å². The van der Waals surface area contributed by atoms with Gasteiger partial charge < -0.3 is 4.90 Å². The molecule has 2 aromatic rings. The summed E-state index contributed by atoms with van der Waals surface area (Å²) in [7, 11) is 1.67. The fourth-order valence-corrected chi connectivity index (χ4v) is 2.57. The topological polar surface area (TPSA) is 55.2 Å². The first-order chi connectivity index (χ1) is 11.0. The average molecular weight is 313 g/mol. The standard InChI is InChI=1S/C18H23N3O2/c1-5-6-12-20(4)18(23)17(22)16-13(2)19-21(14(16)3)15-10-8-7-9-11-15/h7-11H,5-6,12H2,1-4H3. The molecule has 0 N–H and O–H groups in total. The third kappa shape index (κ3) is 3.50. The number of likely N-dealkylation sites (N-methyl/N-ethyl adjacent to an activating group) is 1. The van der Waals surface area contributed by atoms with Crippen LogP contribution in [-0.2, 0) is 4.79 Å². The smallest absolute Gasteiger partial charge is 0.294 e. The largest absolute Gasteiger partial charge is 0.339 e. The lowest BCUT2D eigenvalue weighted by Gasteiger charge is -2.15. The van der Waals surface area contributed by atoms with E-state index in [0.29, 0.717) is 23.5 Å². The van der Waals surface area contributed by atoms with Crippen molar-refractivity contribution >= 4 is 11.7 Å². The summed E-state index contributed by atoms with van der Waals surface area (Å²) in [6.45, 7) is 6.23. The van der Waals surface area contributed by atoms with Crippen LogP contribution in [0.4, 0.5) is 0 Å². The third-order valence-corrected chi connectivity index (χ3v) is 3.91. The summed E-state index contributed by atoms with van der Waals surface area (Å²) >= 11 is 0. The lowest BCUT2D eigenvalue weighted by atomic mass is 10.1. The highest BCUT2D eigenvalue weighted by Gasteiger charge is 2.27. The van der Waals surface area contributed by atoms with Crippen molar-refractivity contribution in [3.63, 3.8) is 0 Å². The van der Waals surface area contributed by atoms with Gasteiger partial charge >= 0.3 is 0 Å². The number of aromatic nitrogens is 2. The van der Waals surface area contributed by atoms with E-state index in [1.807, 2.05) is 37.3 Å². The van der Waals surface area contributed by atoms with Gasteiger partial charge in [0.2, 0.25) is 0 Å². The second-order valence-electron chi connectivity index (χ2n) is 5.70. The molecular weight excluding hydrogens is 290 g/mol. The summed E-state index contributed by atoms with van der Waals surface area (Å²) in [5.74, 6) is -0.960. The molecule has 0 bridgehead atoms. The maximum absolute atomic E-state index is 12.6. The molecule has 1 heterocycles. The van der Waals surface area contributed by atoms with E-state index in [4.69, 9.17) is 0 Å². The zero-order valence-corrected chi connectivity index (χ0v) is 14.2. The number of Topliss-reactive ketones (excluding diaryl/α,β-unsaturated/α-hetero) is 1. The number of para-hydroxylation sites is 1. The molecule has 0 unspecified atom stereocenters. The molecule has 0 saturated heterocycles. The maximum atomic E-state index is 12.6. The van der Waals surface area contributed by atoms with Gasteiger partial charge in [-0.3, -0.25) is 9.59 Å². The lowest BCUT2D eigenvalue weighted by molar-refractivity contribution is -0.125. The molecule has 122 valence electrons. The Morgan fingerprint density at radius 2 is 1.83 bits per heavy atom. The third-order valence-electron chi connectivity index (χ3n) is 3.91. The average Bonchev–Trinajstić information content (AvgIpc) is 2.86. The second kappa shape index (κ2) is 7.22. The molecule has 1 aromatic heterocycles. The Morgan fingerprint density at radius 3 is 2.43 bits per heavy atom. The number of amides is 1. The van der Waals surface area contributed by atoms with Crippen LogP contribution in [0.15, 0.2) is 30.3 Å². The van der Waals surface area contributed by atoms with Crippen molar-refractivity contribution in [2.24, 2.45) is 0 Å². The molecule has 0 fully saturated rings. The van der Waals surface area contributed by atoms with Gasteiger partial charge in [-0.2, -0.15) is 5.10 Å². The van der Waals surface area contributed by atoms with Crippen molar-refractivity contribution < 1.29 is 9.59 Å². The molecule has 1 aromatic carbocycles. The molecule has 0 atom stereocenters. The summed E-state index contributed by atoms with van der Waals surface area (Å²) < 4.78 is 1.71. The summed E-state index contributed by atoms with van der Waals surface area (Å²) in [4.78, 5) is 26.4. The molecule has 5 nitrogen and oxygen atoms in total. The van der Waals surface area contributed by atoms with Gasteiger partial charge in [0.1, 0.15) is 0 Å². The van der Waals surface area contributed by atoms with Crippen molar-refractivity contribution in [3.8, 4) is 5.69 Å². The van der Waals surface area contributed by atoms with Gasteiger partial charge in [0, 0.05) is 13.6 Å². The predicted molar refractivity (Wildman–Crippen MR) is 89.9 cm³/mol. The van der Waals surface area contributed by atoms with E-state index < -0.39 is 11.7 Å². The first kappa shape index (κ1) is 16.9. The minimum atomic E-state index is -0.485. The van der Waals surface area contributed by atoms with Gasteiger partial charge in [0.25, 0.3) is 11.7 Å². The highest BCUT2D eigenvalue weighted by Crippen LogP contribution is 2.19. The summed E-state index contributed by atoms with van der Waals surface area (Å²) in [6.07, 6.45) is 1.87. The zero-order chi connectivity index (χ0) is 17.0. The highest BCUT2D eigenvalue weighted by molar-refractivity contribution is 6.43. The van der Waals surface area contributed by atoms with Crippen LogP contribution < -0.4 is 0 Å². The van der Waals surface area contributed by atoms with Crippen molar-refractivity contribution in [2.75, 3.05) is 13.6 Å². The Hall–Kier alpha value is -2.43. The number of hydrogen-bond acceptors (Lipinski definition) is 3. The van der Waals surface area contributed by atoms with Crippen LogP contribution in [0.2, 0.25) is 0 Å². The van der Waals surface area contributed by atoms with Crippen LogP contribution in [0.5, 0.6) is 0 Å². The molecular formula is C18H23N3O2. The molecule has 0 radical (unpaired) electrons. The van der Waals surface area contributed by atoms with Crippen LogP contribution >= 0.6 is 0 Å². The van der Waals surface area contributed by atoms with Crippen molar-refractivity contribution in [2.45, 2.75) is 33.6 Å². The summed E-state index contributed by atoms with van der Waals surface area (Å²) in [5.41, 5.74) is 2.55. The number of nitrogens with zero attached hydrogens (tertiary/aromatic N) is 3. The van der Waals surface area contributed by atoms with Crippen LogP contribution in [0.1, 0.15) is 41.5 Å². The van der Waals surface area contributed by atoms with Gasteiger partial charge in [-0.15, -0.1) is 0 Å². The second-order valence-corrected chi connectivity index (χ2v) is 5.70. The van der Waals surface area contributed by atoms with E-state index in [0.717, 1.165) is 18.5 Å². The maximum Gasteiger partial charge on any atom is 0.294 e. The number of carbonyl (C=O) groups is 2. The van der Waals surface area contributed by atoms with E-state index in [-0.39, 0.29) is 0 Å². The van der Waals surface area contributed by atoms with Crippen molar-refractivity contribution in [1.29, 1.82) is 0 Å². The van der Waals surface area contributed by atoms with Crippen molar-refractivity contribution in [3.05, 3.63) is 47.3 Å². The molecule has 0 aliphatic rings. The molecule has 1 amide bonds. The fraction of sp³-hybridized carbons (Fsp3) is 0.389. The molecule has 0 aliphatic heterocycles. The number of hydrogen-bond donors (Lipinski definition) is 0. The first-order valence-corrected chi connectivity index (χ1v) is 7.88. The van der Waals surface area contributed by atoms with E-state index >= 15 is 0 Å². The van der Waals surface area contributed by atoms with E-state index in [1.54, 1.807) is 18.7 Å². The molecule has 0 saturated carbocycles. The zero-order valence-electron chi connectivity index (χ0n) is 14.2. The Bertz CT molecular complexity index is 705. The Morgan fingerprint density at radius 1 is 1.17 bits per heavy atom. The Kier molecular flexibility index (Phi) is 5.32. The molecule has 23 heavy (non-hydrogen) atoms. The van der Waals surface area contributed by atoms with Gasteiger partial charge in [-0.05, 0) is 32.4 Å². The predicted octanol–water partition coefficient (Wildman–Crippen LogP) is 2.93. The number of rotatable bonds is 6. The van der Waals surface area contributed by atoms with Gasteiger partial charge in [0.05, 0.1) is 22.6 Å². The summed E-state index contributed by atoms with van der Waals surface area (Å²) in [6, 6.07) is 9.59. The normalized spacial score (nSPS) is 10.6. The highest BCUT2D eigenvalue weighted by atomic mass is 16.2. The summed E-state index contributed by atoms with van der Waals surface area (Å²) in [5, 5.41) is 4.43. The molecule has 0 aliphatic carbocycles. The Balaban J connectivity index is 2.32. The monoisotopic (exact) mass is 313 g/mol. The van der Waals surface area contributed by atoms with Crippen LogP contribution in [-0.4, -0.2) is 40.0 Å². The van der Waals surface area contributed by atoms with Gasteiger partial charge in [0.15, 0.2) is 0 Å². The molecule has 2 rings (SSSR count). The molecule has 0 spiro atoms. The minimum Gasteiger partial charge on any atom is -0.339 e. The number of ketones is 1. The first-order valence-electron chi connectivity index (χ1n) is 7.88. The number of carbonyl (C=O) groups excluding carboxylic acids is 2. The quantitative estimate of drug-likeness (QED) is 0.608. The number of aryl methyl sites for hydroxylation is 1. The SMILES string of the molecule is CCCCN(C)C(=O)C(=O)c1c(C)nn(-c2ccccc2)c1C. The van der Waals surface area contributed by atoms with Gasteiger partial charge in [-0.25, -0.2) is 4.68 Å². The Labute approximate surface area is 136 Å². The number of benzene rings is 1. The van der Waals surface area contributed by atoms with Crippen molar-refractivity contribution in [1.82, 2.24) is 14.7 Å². The van der Waals surface area contributed by atoms with Gasteiger partial charge in [-0.1, -0.05) is 31.5 Å². The van der Waals surface area contributed by atoms with E-state index in [1.165, 1.54) is 4.90 Å². The van der Waals surface area contributed by atoms with E-state index in [2.05, 4.69) is 12.0 Å². The van der Waals surface area contributed by atoms with Crippen LogP contribution in [0.3, 0.4) is 0 Å². The minimum absolute atomic E-state index is 0.405. The van der Waals surface area contributed by atoms with Crippen LogP contribution in [0.25, 0.3) is 5.69 Å².